The topological polar surface area (TPSA) is 26.8 Å². The summed E-state index contributed by atoms with van der Waals surface area (Å²) in [7, 11) is 0. The van der Waals surface area contributed by atoms with Gasteiger partial charge < -0.3 is 9.80 Å². The van der Waals surface area contributed by atoms with Crippen molar-refractivity contribution in [1.82, 2.24) is 14.7 Å². The molecule has 0 N–H and O–H groups in total. The lowest BCUT2D eigenvalue weighted by molar-refractivity contribution is -0.133. The predicted molar refractivity (Wildman–Crippen MR) is 95.4 cm³/mol. The van der Waals surface area contributed by atoms with Crippen LogP contribution in [0.3, 0.4) is 0 Å². The van der Waals surface area contributed by atoms with Crippen molar-refractivity contribution in [3.63, 3.8) is 0 Å². The molecule has 0 spiro atoms. The van der Waals surface area contributed by atoms with Gasteiger partial charge in [-0.05, 0) is 25.5 Å². The van der Waals surface area contributed by atoms with Crippen molar-refractivity contribution in [1.29, 1.82) is 0 Å². The number of rotatable bonds is 7. The molecule has 1 aliphatic rings. The maximum atomic E-state index is 12.7. The monoisotopic (exact) mass is 317 g/mol. The summed E-state index contributed by atoms with van der Waals surface area (Å²) in [6, 6.07) is 8.50. The number of carbonyl (C=O) groups is 1. The molecule has 1 aliphatic heterocycles. The van der Waals surface area contributed by atoms with E-state index in [1.54, 1.807) is 0 Å². The summed E-state index contributed by atoms with van der Waals surface area (Å²) < 4.78 is 0. The van der Waals surface area contributed by atoms with Crippen molar-refractivity contribution in [2.45, 2.75) is 33.7 Å². The lowest BCUT2D eigenvalue weighted by Gasteiger charge is -2.34. The second-order valence-corrected chi connectivity index (χ2v) is 6.51. The van der Waals surface area contributed by atoms with Gasteiger partial charge >= 0.3 is 0 Å². The van der Waals surface area contributed by atoms with Crippen LogP contribution in [0.1, 0.15) is 31.4 Å². The van der Waals surface area contributed by atoms with Crippen LogP contribution in [0.15, 0.2) is 24.3 Å². The minimum Gasteiger partial charge on any atom is -0.337 e. The van der Waals surface area contributed by atoms with Gasteiger partial charge in [0, 0.05) is 39.3 Å². The molecule has 2 rings (SSSR count). The Hall–Kier alpha value is -1.39. The van der Waals surface area contributed by atoms with Crippen molar-refractivity contribution in [2.75, 3.05) is 45.8 Å². The Morgan fingerprint density at radius 1 is 1.04 bits per heavy atom. The van der Waals surface area contributed by atoms with Crippen LogP contribution in [0.25, 0.3) is 0 Å². The molecule has 0 bridgehead atoms. The molecule has 0 aromatic heterocycles. The van der Waals surface area contributed by atoms with E-state index in [9.17, 15) is 4.79 Å². The first kappa shape index (κ1) is 18.0. The van der Waals surface area contributed by atoms with E-state index >= 15 is 0 Å². The van der Waals surface area contributed by atoms with E-state index in [0.29, 0.717) is 6.54 Å². The lowest BCUT2D eigenvalue weighted by Crippen LogP contribution is -2.49. The highest BCUT2D eigenvalue weighted by molar-refractivity contribution is 5.78. The predicted octanol–water partition coefficient (Wildman–Crippen LogP) is 2.37. The number of piperazine rings is 1. The van der Waals surface area contributed by atoms with Crippen LogP contribution in [0.5, 0.6) is 0 Å². The third-order valence-corrected chi connectivity index (χ3v) is 4.61. The zero-order chi connectivity index (χ0) is 16.7. The first-order chi connectivity index (χ1) is 11.1. The SMILES string of the molecule is CCCN(Cc1ccc(C)cc1)C(=O)CN1CCN(CC)CC1. The standard InChI is InChI=1S/C19H31N3O/c1-4-10-22(15-18-8-6-17(3)7-9-18)19(23)16-21-13-11-20(5-2)12-14-21/h6-9H,4-5,10-16H2,1-3H3. The maximum Gasteiger partial charge on any atom is 0.237 e. The Morgan fingerprint density at radius 3 is 2.22 bits per heavy atom. The summed E-state index contributed by atoms with van der Waals surface area (Å²) in [5.41, 5.74) is 2.48. The smallest absolute Gasteiger partial charge is 0.237 e. The zero-order valence-corrected chi connectivity index (χ0v) is 14.9. The van der Waals surface area contributed by atoms with Crippen molar-refractivity contribution in [2.24, 2.45) is 0 Å². The Kier molecular flexibility index (Phi) is 7.06. The van der Waals surface area contributed by atoms with Crippen molar-refractivity contribution in [3.8, 4) is 0 Å². The molecule has 0 aliphatic carbocycles. The van der Waals surface area contributed by atoms with Crippen LogP contribution in [0.4, 0.5) is 0 Å². The molecule has 128 valence electrons. The number of likely N-dealkylation sites (N-methyl/N-ethyl adjacent to an activating group) is 1. The van der Waals surface area contributed by atoms with Gasteiger partial charge in [-0.2, -0.15) is 0 Å². The average Bonchev–Trinajstić information content (AvgIpc) is 2.57. The summed E-state index contributed by atoms with van der Waals surface area (Å²) in [6.07, 6.45) is 1.00. The van der Waals surface area contributed by atoms with Crippen molar-refractivity contribution in [3.05, 3.63) is 35.4 Å². The normalized spacial score (nSPS) is 16.5. The number of carbonyl (C=O) groups excluding carboxylic acids is 1. The fourth-order valence-electron chi connectivity index (χ4n) is 3.03. The highest BCUT2D eigenvalue weighted by Crippen LogP contribution is 2.09. The van der Waals surface area contributed by atoms with Crippen molar-refractivity contribution >= 4 is 5.91 Å². The second-order valence-electron chi connectivity index (χ2n) is 6.51. The summed E-state index contributed by atoms with van der Waals surface area (Å²) in [5.74, 6) is 0.261. The van der Waals surface area contributed by atoms with Gasteiger partial charge in [-0.1, -0.05) is 43.7 Å². The van der Waals surface area contributed by atoms with E-state index in [2.05, 4.69) is 54.8 Å². The molecule has 4 heteroatoms. The molecule has 4 nitrogen and oxygen atoms in total. The van der Waals surface area contributed by atoms with Crippen LogP contribution in [0, 0.1) is 6.92 Å². The van der Waals surface area contributed by atoms with Gasteiger partial charge in [0.2, 0.25) is 5.91 Å². The molecule has 0 unspecified atom stereocenters. The molecule has 1 amide bonds. The molecule has 0 radical (unpaired) electrons. The molecule has 1 saturated heterocycles. The fourth-order valence-corrected chi connectivity index (χ4v) is 3.03. The first-order valence-corrected chi connectivity index (χ1v) is 8.90. The van der Waals surface area contributed by atoms with Crippen LogP contribution >= 0.6 is 0 Å². The minimum atomic E-state index is 0.261. The molecule has 0 saturated carbocycles. The van der Waals surface area contributed by atoms with Gasteiger partial charge in [-0.15, -0.1) is 0 Å². The van der Waals surface area contributed by atoms with E-state index in [1.807, 2.05) is 4.90 Å². The second kappa shape index (κ2) is 9.04. The number of aryl methyl sites for hydroxylation is 1. The van der Waals surface area contributed by atoms with Gasteiger partial charge in [0.25, 0.3) is 0 Å². The first-order valence-electron chi connectivity index (χ1n) is 8.90. The van der Waals surface area contributed by atoms with E-state index in [0.717, 1.165) is 52.2 Å². The summed E-state index contributed by atoms with van der Waals surface area (Å²) in [5, 5.41) is 0. The Labute approximate surface area is 141 Å². The summed E-state index contributed by atoms with van der Waals surface area (Å²) in [4.78, 5) is 19.4. The average molecular weight is 317 g/mol. The molecular formula is C19H31N3O. The Balaban J connectivity index is 1.89. The van der Waals surface area contributed by atoms with Gasteiger partial charge in [0.05, 0.1) is 6.54 Å². The van der Waals surface area contributed by atoms with E-state index < -0.39 is 0 Å². The van der Waals surface area contributed by atoms with Gasteiger partial charge in [-0.25, -0.2) is 0 Å². The third-order valence-electron chi connectivity index (χ3n) is 4.61. The Bertz CT molecular complexity index is 478. The maximum absolute atomic E-state index is 12.7. The fraction of sp³-hybridized carbons (Fsp3) is 0.632. The highest BCUT2D eigenvalue weighted by Gasteiger charge is 2.21. The Morgan fingerprint density at radius 2 is 1.65 bits per heavy atom. The van der Waals surface area contributed by atoms with Crippen molar-refractivity contribution < 1.29 is 4.79 Å². The van der Waals surface area contributed by atoms with Gasteiger partial charge in [-0.3, -0.25) is 9.69 Å². The molecule has 1 heterocycles. The quantitative estimate of drug-likeness (QED) is 0.772. The number of benzene rings is 1. The largest absolute Gasteiger partial charge is 0.337 e. The van der Waals surface area contributed by atoms with Crippen LogP contribution < -0.4 is 0 Å². The lowest BCUT2D eigenvalue weighted by atomic mass is 10.1. The van der Waals surface area contributed by atoms with Crippen LogP contribution in [0.2, 0.25) is 0 Å². The molecule has 1 aromatic carbocycles. The van der Waals surface area contributed by atoms with Gasteiger partial charge in [0.1, 0.15) is 0 Å². The number of hydrogen-bond donors (Lipinski definition) is 0. The zero-order valence-electron chi connectivity index (χ0n) is 14.9. The highest BCUT2D eigenvalue weighted by atomic mass is 16.2. The third kappa shape index (κ3) is 5.63. The molecule has 23 heavy (non-hydrogen) atoms. The van der Waals surface area contributed by atoms with E-state index in [4.69, 9.17) is 0 Å². The molecule has 0 atom stereocenters. The molecule has 1 fully saturated rings. The summed E-state index contributed by atoms with van der Waals surface area (Å²) in [6.45, 7) is 13.8. The van der Waals surface area contributed by atoms with Crippen LogP contribution in [-0.2, 0) is 11.3 Å². The van der Waals surface area contributed by atoms with Crippen LogP contribution in [-0.4, -0.2) is 66.4 Å². The number of amides is 1. The van der Waals surface area contributed by atoms with E-state index in [1.165, 1.54) is 11.1 Å². The van der Waals surface area contributed by atoms with E-state index in [-0.39, 0.29) is 5.91 Å². The molecule has 1 aromatic rings. The number of hydrogen-bond acceptors (Lipinski definition) is 3. The summed E-state index contributed by atoms with van der Waals surface area (Å²) >= 11 is 0. The minimum absolute atomic E-state index is 0.261. The molecular weight excluding hydrogens is 286 g/mol. The van der Waals surface area contributed by atoms with Gasteiger partial charge in [0.15, 0.2) is 0 Å². The number of nitrogens with zero attached hydrogens (tertiary/aromatic N) is 3.